The smallest absolute Gasteiger partial charge is 0.337 e. The molecule has 1 rings (SSSR count). The molecule has 0 radical (unpaired) electrons. The number of carbonyl (C=O) groups is 1. The van der Waals surface area contributed by atoms with Gasteiger partial charge in [-0.1, -0.05) is 13.3 Å². The van der Waals surface area contributed by atoms with Gasteiger partial charge in [-0.25, -0.2) is 4.79 Å². The van der Waals surface area contributed by atoms with Crippen molar-refractivity contribution >= 4 is 5.97 Å². The number of hydrogen-bond donors (Lipinski definition) is 2. The van der Waals surface area contributed by atoms with E-state index in [1.165, 1.54) is 0 Å². The third kappa shape index (κ3) is 1.76. The molecular formula is C8H15NO3. The first-order valence-corrected chi connectivity index (χ1v) is 4.29. The molecule has 1 saturated heterocycles. The van der Waals surface area contributed by atoms with Gasteiger partial charge in [0, 0.05) is 13.1 Å². The zero-order valence-corrected chi connectivity index (χ0v) is 7.30. The van der Waals surface area contributed by atoms with E-state index in [1.807, 2.05) is 6.92 Å². The first-order chi connectivity index (χ1) is 5.71. The highest BCUT2D eigenvalue weighted by Crippen LogP contribution is 2.19. The molecule has 1 heterocycles. The maximum atomic E-state index is 10.9. The van der Waals surface area contributed by atoms with Crippen LogP contribution >= 0.6 is 0 Å². The molecule has 1 unspecified atom stereocenters. The Balaban J connectivity index is 2.63. The van der Waals surface area contributed by atoms with Gasteiger partial charge in [0.15, 0.2) is 5.60 Å². The van der Waals surface area contributed by atoms with Crippen LogP contribution in [0.1, 0.15) is 19.8 Å². The minimum atomic E-state index is -0.965. The highest BCUT2D eigenvalue weighted by molar-refractivity contribution is 5.78. The van der Waals surface area contributed by atoms with Gasteiger partial charge in [-0.3, -0.25) is 0 Å². The highest BCUT2D eigenvalue weighted by Gasteiger charge is 2.40. The molecule has 4 nitrogen and oxygen atoms in total. The minimum absolute atomic E-state index is 0.427. The lowest BCUT2D eigenvalue weighted by Gasteiger charge is -2.33. The number of rotatable bonds is 3. The maximum Gasteiger partial charge on any atom is 0.337 e. The molecule has 0 aromatic carbocycles. The fraction of sp³-hybridized carbons (Fsp3) is 0.875. The van der Waals surface area contributed by atoms with Crippen molar-refractivity contribution < 1.29 is 14.6 Å². The fourth-order valence-electron chi connectivity index (χ4n) is 1.47. The molecule has 1 fully saturated rings. The Labute approximate surface area is 71.9 Å². The number of carboxylic acid groups (broad SMARTS) is 1. The molecule has 70 valence electrons. The van der Waals surface area contributed by atoms with Crippen LogP contribution in [0.25, 0.3) is 0 Å². The van der Waals surface area contributed by atoms with Gasteiger partial charge in [0.05, 0.1) is 6.61 Å². The molecular weight excluding hydrogens is 158 g/mol. The summed E-state index contributed by atoms with van der Waals surface area (Å²) in [6.45, 7) is 3.63. The average molecular weight is 173 g/mol. The van der Waals surface area contributed by atoms with Crippen molar-refractivity contribution in [1.82, 2.24) is 5.32 Å². The molecule has 0 bridgehead atoms. The molecule has 0 aromatic rings. The predicted molar refractivity (Wildman–Crippen MR) is 44.1 cm³/mol. The van der Waals surface area contributed by atoms with Crippen LogP contribution in [0.4, 0.5) is 0 Å². The zero-order valence-electron chi connectivity index (χ0n) is 7.30. The Bertz CT molecular complexity index is 158. The lowest BCUT2D eigenvalue weighted by Crippen LogP contribution is -2.54. The quantitative estimate of drug-likeness (QED) is 0.641. The molecule has 0 aromatic heterocycles. The van der Waals surface area contributed by atoms with Crippen LogP contribution < -0.4 is 5.32 Å². The Morgan fingerprint density at radius 1 is 1.75 bits per heavy atom. The monoisotopic (exact) mass is 173 g/mol. The molecule has 0 amide bonds. The maximum absolute atomic E-state index is 10.9. The van der Waals surface area contributed by atoms with Crippen molar-refractivity contribution in [3.8, 4) is 0 Å². The molecule has 4 heteroatoms. The van der Waals surface area contributed by atoms with E-state index in [0.717, 1.165) is 13.0 Å². The van der Waals surface area contributed by atoms with Crippen molar-refractivity contribution in [2.75, 3.05) is 19.7 Å². The summed E-state index contributed by atoms with van der Waals surface area (Å²) in [4.78, 5) is 10.9. The molecule has 12 heavy (non-hydrogen) atoms. The van der Waals surface area contributed by atoms with Crippen LogP contribution in [0.15, 0.2) is 0 Å². The van der Waals surface area contributed by atoms with Gasteiger partial charge in [-0.2, -0.15) is 0 Å². The summed E-state index contributed by atoms with van der Waals surface area (Å²) < 4.78 is 5.31. The zero-order chi connectivity index (χ0) is 9.03. The van der Waals surface area contributed by atoms with Crippen molar-refractivity contribution in [3.63, 3.8) is 0 Å². The van der Waals surface area contributed by atoms with Crippen molar-refractivity contribution in [3.05, 3.63) is 0 Å². The predicted octanol–water partition coefficient (Wildman–Crippen LogP) is 0.230. The van der Waals surface area contributed by atoms with E-state index >= 15 is 0 Å². The van der Waals surface area contributed by atoms with E-state index in [1.54, 1.807) is 0 Å². The molecule has 0 spiro atoms. The first kappa shape index (κ1) is 9.48. The van der Waals surface area contributed by atoms with Crippen LogP contribution in [0.2, 0.25) is 0 Å². The lowest BCUT2D eigenvalue weighted by molar-refractivity contribution is -0.170. The van der Waals surface area contributed by atoms with Crippen molar-refractivity contribution in [2.24, 2.45) is 0 Å². The number of nitrogens with one attached hydrogen (secondary N) is 1. The Morgan fingerprint density at radius 3 is 2.92 bits per heavy atom. The fourth-order valence-corrected chi connectivity index (χ4v) is 1.47. The lowest BCUT2D eigenvalue weighted by atomic mass is 9.97. The summed E-state index contributed by atoms with van der Waals surface area (Å²) in [6, 6.07) is 0. The van der Waals surface area contributed by atoms with Crippen LogP contribution in [-0.4, -0.2) is 36.4 Å². The third-order valence-corrected chi connectivity index (χ3v) is 2.11. The van der Waals surface area contributed by atoms with Crippen molar-refractivity contribution in [1.29, 1.82) is 0 Å². The largest absolute Gasteiger partial charge is 0.479 e. The number of aliphatic carboxylic acids is 1. The Morgan fingerprint density at radius 2 is 2.50 bits per heavy atom. The summed E-state index contributed by atoms with van der Waals surface area (Å²) in [5.74, 6) is -0.850. The minimum Gasteiger partial charge on any atom is -0.479 e. The van der Waals surface area contributed by atoms with E-state index in [9.17, 15) is 4.79 Å². The van der Waals surface area contributed by atoms with E-state index in [2.05, 4.69) is 5.32 Å². The standard InChI is InChI=1S/C8H15NO3/c1-2-3-8(7(10)11)6-9-4-5-12-8/h9H,2-6H2,1H3,(H,10,11). The summed E-state index contributed by atoms with van der Waals surface area (Å²) in [6.07, 6.45) is 1.41. The third-order valence-electron chi connectivity index (χ3n) is 2.11. The second kappa shape index (κ2) is 3.87. The van der Waals surface area contributed by atoms with Gasteiger partial charge in [-0.15, -0.1) is 0 Å². The molecule has 2 N–H and O–H groups in total. The summed E-state index contributed by atoms with van der Waals surface area (Å²) in [5.41, 5.74) is -0.965. The number of morpholine rings is 1. The van der Waals surface area contributed by atoms with Gasteiger partial charge in [0.2, 0.25) is 0 Å². The van der Waals surface area contributed by atoms with E-state index in [-0.39, 0.29) is 0 Å². The topological polar surface area (TPSA) is 58.6 Å². The average Bonchev–Trinajstić information content (AvgIpc) is 2.06. The molecule has 1 aliphatic rings. The van der Waals surface area contributed by atoms with Crippen LogP contribution in [0, 0.1) is 0 Å². The van der Waals surface area contributed by atoms with Gasteiger partial charge >= 0.3 is 5.97 Å². The summed E-state index contributed by atoms with van der Waals surface area (Å²) in [5, 5.41) is 12.0. The highest BCUT2D eigenvalue weighted by atomic mass is 16.5. The van der Waals surface area contributed by atoms with Gasteiger partial charge in [-0.05, 0) is 6.42 Å². The Hall–Kier alpha value is -0.610. The molecule has 1 atom stereocenters. The second-order valence-electron chi connectivity index (χ2n) is 3.07. The second-order valence-corrected chi connectivity index (χ2v) is 3.07. The molecule has 0 saturated carbocycles. The van der Waals surface area contributed by atoms with Gasteiger partial charge in [0.25, 0.3) is 0 Å². The SMILES string of the molecule is CCCC1(C(=O)O)CNCCO1. The Kier molecular flexibility index (Phi) is 3.05. The van der Waals surface area contributed by atoms with Crippen LogP contribution in [0.3, 0.4) is 0 Å². The summed E-state index contributed by atoms with van der Waals surface area (Å²) in [7, 11) is 0. The molecule has 0 aliphatic carbocycles. The number of carboxylic acids is 1. The van der Waals surface area contributed by atoms with Crippen LogP contribution in [-0.2, 0) is 9.53 Å². The van der Waals surface area contributed by atoms with E-state index < -0.39 is 11.6 Å². The van der Waals surface area contributed by atoms with Crippen LogP contribution in [0.5, 0.6) is 0 Å². The number of hydrogen-bond acceptors (Lipinski definition) is 3. The van der Waals surface area contributed by atoms with Gasteiger partial charge in [0.1, 0.15) is 0 Å². The number of ether oxygens (including phenoxy) is 1. The first-order valence-electron chi connectivity index (χ1n) is 4.29. The van der Waals surface area contributed by atoms with E-state index in [0.29, 0.717) is 19.6 Å². The molecule has 1 aliphatic heterocycles. The summed E-state index contributed by atoms with van der Waals surface area (Å²) >= 11 is 0. The normalized spacial score (nSPS) is 30.1. The van der Waals surface area contributed by atoms with Crippen molar-refractivity contribution in [2.45, 2.75) is 25.4 Å². The van der Waals surface area contributed by atoms with E-state index in [4.69, 9.17) is 9.84 Å². The van der Waals surface area contributed by atoms with Gasteiger partial charge < -0.3 is 15.2 Å².